The first-order valence-corrected chi connectivity index (χ1v) is 6.89. The standard InChI is InChI=1S/C14H17ClFNO/c15-12-7-9(16)6-11(13(12)18-10-2-3-10)14(8-17)4-1-5-14/h6-7,10H,1-5,8,17H2. The van der Waals surface area contributed by atoms with Crippen molar-refractivity contribution in [1.29, 1.82) is 0 Å². The zero-order chi connectivity index (χ0) is 12.8. The number of rotatable bonds is 4. The molecule has 0 atom stereocenters. The average Bonchev–Trinajstić information content (AvgIpc) is 3.06. The van der Waals surface area contributed by atoms with Gasteiger partial charge >= 0.3 is 0 Å². The minimum absolute atomic E-state index is 0.129. The second-order valence-electron chi connectivity index (χ2n) is 5.42. The molecule has 3 rings (SSSR count). The molecular weight excluding hydrogens is 253 g/mol. The van der Waals surface area contributed by atoms with Crippen LogP contribution in [0.3, 0.4) is 0 Å². The Kier molecular flexibility index (Phi) is 2.99. The van der Waals surface area contributed by atoms with Crippen molar-refractivity contribution in [3.05, 3.63) is 28.5 Å². The van der Waals surface area contributed by atoms with Crippen LogP contribution in [0.25, 0.3) is 0 Å². The molecule has 0 heterocycles. The van der Waals surface area contributed by atoms with Crippen LogP contribution in [0, 0.1) is 5.82 Å². The Morgan fingerprint density at radius 3 is 2.61 bits per heavy atom. The molecule has 18 heavy (non-hydrogen) atoms. The first kappa shape index (κ1) is 12.2. The molecule has 1 aromatic rings. The summed E-state index contributed by atoms with van der Waals surface area (Å²) < 4.78 is 19.5. The summed E-state index contributed by atoms with van der Waals surface area (Å²) in [7, 11) is 0. The maximum Gasteiger partial charge on any atom is 0.142 e. The van der Waals surface area contributed by atoms with Gasteiger partial charge in [0.25, 0.3) is 0 Å². The molecule has 2 aliphatic carbocycles. The fraction of sp³-hybridized carbons (Fsp3) is 0.571. The van der Waals surface area contributed by atoms with Gasteiger partial charge in [-0.25, -0.2) is 4.39 Å². The Labute approximate surface area is 111 Å². The van der Waals surface area contributed by atoms with E-state index in [2.05, 4.69) is 0 Å². The second kappa shape index (κ2) is 4.39. The smallest absolute Gasteiger partial charge is 0.142 e. The normalized spacial score (nSPS) is 21.5. The van der Waals surface area contributed by atoms with Gasteiger partial charge in [0.1, 0.15) is 11.6 Å². The van der Waals surface area contributed by atoms with E-state index in [4.69, 9.17) is 22.1 Å². The van der Waals surface area contributed by atoms with Crippen molar-refractivity contribution in [2.75, 3.05) is 6.54 Å². The van der Waals surface area contributed by atoms with Crippen LogP contribution >= 0.6 is 11.6 Å². The SMILES string of the molecule is NCC1(c2cc(F)cc(Cl)c2OC2CC2)CCC1. The lowest BCUT2D eigenvalue weighted by atomic mass is 9.64. The third kappa shape index (κ3) is 1.99. The van der Waals surface area contributed by atoms with Crippen LogP contribution in [0.1, 0.15) is 37.7 Å². The lowest BCUT2D eigenvalue weighted by Crippen LogP contribution is -2.42. The van der Waals surface area contributed by atoms with E-state index in [1.54, 1.807) is 6.07 Å². The van der Waals surface area contributed by atoms with Crippen LogP contribution in [-0.4, -0.2) is 12.6 Å². The fourth-order valence-corrected chi connectivity index (χ4v) is 2.86. The molecule has 0 radical (unpaired) electrons. The van der Waals surface area contributed by atoms with Crippen molar-refractivity contribution in [3.63, 3.8) is 0 Å². The van der Waals surface area contributed by atoms with E-state index >= 15 is 0 Å². The fourth-order valence-electron chi connectivity index (χ4n) is 2.61. The van der Waals surface area contributed by atoms with Crippen molar-refractivity contribution in [2.24, 2.45) is 5.73 Å². The number of ether oxygens (including phenoxy) is 1. The van der Waals surface area contributed by atoms with E-state index in [-0.39, 0.29) is 17.3 Å². The van der Waals surface area contributed by atoms with E-state index in [1.165, 1.54) is 6.07 Å². The molecule has 0 amide bonds. The molecule has 0 bridgehead atoms. The third-order valence-corrected chi connectivity index (χ3v) is 4.37. The van der Waals surface area contributed by atoms with Crippen LogP contribution in [0.2, 0.25) is 5.02 Å². The molecule has 2 N–H and O–H groups in total. The molecule has 0 unspecified atom stereocenters. The van der Waals surface area contributed by atoms with Gasteiger partial charge in [0.15, 0.2) is 0 Å². The van der Waals surface area contributed by atoms with Crippen LogP contribution in [0.5, 0.6) is 5.75 Å². The number of nitrogens with two attached hydrogens (primary N) is 1. The number of hydrogen-bond donors (Lipinski definition) is 1. The van der Waals surface area contributed by atoms with Crippen molar-refractivity contribution in [3.8, 4) is 5.75 Å². The first-order valence-electron chi connectivity index (χ1n) is 6.51. The zero-order valence-corrected chi connectivity index (χ0v) is 11.0. The monoisotopic (exact) mass is 269 g/mol. The molecule has 0 aromatic heterocycles. The predicted molar refractivity (Wildman–Crippen MR) is 69.6 cm³/mol. The predicted octanol–water partition coefficient (Wildman–Crippen LogP) is 3.40. The Morgan fingerprint density at radius 1 is 1.39 bits per heavy atom. The van der Waals surface area contributed by atoms with Crippen molar-refractivity contribution in [1.82, 2.24) is 0 Å². The molecule has 2 fully saturated rings. The molecule has 2 nitrogen and oxygen atoms in total. The minimum atomic E-state index is -0.308. The van der Waals surface area contributed by atoms with Gasteiger partial charge in [0.2, 0.25) is 0 Å². The van der Waals surface area contributed by atoms with E-state index < -0.39 is 0 Å². The third-order valence-electron chi connectivity index (χ3n) is 4.09. The Bertz CT molecular complexity index is 464. The van der Waals surface area contributed by atoms with Gasteiger partial charge in [-0.1, -0.05) is 18.0 Å². The molecule has 0 spiro atoms. The van der Waals surface area contributed by atoms with Crippen molar-refractivity contribution >= 4 is 11.6 Å². The molecule has 0 aliphatic heterocycles. The van der Waals surface area contributed by atoms with Gasteiger partial charge < -0.3 is 10.5 Å². The second-order valence-corrected chi connectivity index (χ2v) is 5.83. The summed E-state index contributed by atoms with van der Waals surface area (Å²) in [6.07, 6.45) is 5.48. The molecule has 4 heteroatoms. The highest BCUT2D eigenvalue weighted by Crippen LogP contribution is 2.49. The van der Waals surface area contributed by atoms with Crippen LogP contribution < -0.4 is 10.5 Å². The summed E-state index contributed by atoms with van der Waals surface area (Å²) in [4.78, 5) is 0. The van der Waals surface area contributed by atoms with Gasteiger partial charge in [-0.15, -0.1) is 0 Å². The lowest BCUT2D eigenvalue weighted by Gasteiger charge is -2.42. The van der Waals surface area contributed by atoms with Gasteiger partial charge in [-0.3, -0.25) is 0 Å². The first-order chi connectivity index (χ1) is 8.64. The molecule has 2 aliphatic rings. The molecule has 98 valence electrons. The number of hydrogen-bond acceptors (Lipinski definition) is 2. The summed E-state index contributed by atoms with van der Waals surface area (Å²) in [6, 6.07) is 2.88. The number of halogens is 2. The van der Waals surface area contributed by atoms with E-state index in [1.807, 2.05) is 0 Å². The van der Waals surface area contributed by atoms with Crippen LogP contribution in [-0.2, 0) is 5.41 Å². The Hall–Kier alpha value is -0.800. The minimum Gasteiger partial charge on any atom is -0.489 e. The summed E-state index contributed by atoms with van der Waals surface area (Å²) >= 11 is 6.14. The van der Waals surface area contributed by atoms with Gasteiger partial charge in [-0.05, 0) is 37.8 Å². The van der Waals surface area contributed by atoms with Crippen LogP contribution in [0.4, 0.5) is 4.39 Å². The Morgan fingerprint density at radius 2 is 2.11 bits per heavy atom. The largest absolute Gasteiger partial charge is 0.489 e. The highest BCUT2D eigenvalue weighted by molar-refractivity contribution is 6.32. The lowest BCUT2D eigenvalue weighted by molar-refractivity contribution is 0.230. The van der Waals surface area contributed by atoms with E-state index in [9.17, 15) is 4.39 Å². The zero-order valence-electron chi connectivity index (χ0n) is 10.2. The van der Waals surface area contributed by atoms with Crippen molar-refractivity contribution < 1.29 is 9.13 Å². The highest BCUT2D eigenvalue weighted by atomic mass is 35.5. The summed E-state index contributed by atoms with van der Waals surface area (Å²) in [5.41, 5.74) is 6.63. The molecule has 0 saturated heterocycles. The molecule has 1 aromatic carbocycles. The Balaban J connectivity index is 2.04. The van der Waals surface area contributed by atoms with Crippen molar-refractivity contribution in [2.45, 2.75) is 43.6 Å². The summed E-state index contributed by atoms with van der Waals surface area (Å²) in [5, 5.41) is 0.372. The molecule has 2 saturated carbocycles. The quantitative estimate of drug-likeness (QED) is 0.909. The maximum atomic E-state index is 13.6. The van der Waals surface area contributed by atoms with E-state index in [0.29, 0.717) is 17.3 Å². The molecular formula is C14H17ClFNO. The maximum absolute atomic E-state index is 13.6. The highest BCUT2D eigenvalue weighted by Gasteiger charge is 2.41. The summed E-state index contributed by atoms with van der Waals surface area (Å²) in [5.74, 6) is 0.351. The number of benzene rings is 1. The van der Waals surface area contributed by atoms with Gasteiger partial charge in [0.05, 0.1) is 11.1 Å². The van der Waals surface area contributed by atoms with E-state index in [0.717, 1.165) is 37.7 Å². The van der Waals surface area contributed by atoms with Gasteiger partial charge in [-0.2, -0.15) is 0 Å². The van der Waals surface area contributed by atoms with Crippen LogP contribution in [0.15, 0.2) is 12.1 Å². The summed E-state index contributed by atoms with van der Waals surface area (Å²) in [6.45, 7) is 0.522. The topological polar surface area (TPSA) is 35.2 Å². The van der Waals surface area contributed by atoms with Gasteiger partial charge in [0, 0.05) is 17.5 Å². The average molecular weight is 270 g/mol.